The molecule has 4 aromatic heterocycles. The maximum Gasteiger partial charge on any atom is 0.315 e. The third kappa shape index (κ3) is 24.3. The first-order valence-electron chi connectivity index (χ1n) is 22.8. The van der Waals surface area contributed by atoms with Crippen LogP contribution < -0.4 is 41.5 Å². The first-order chi connectivity index (χ1) is 32.8. The zero-order valence-electron chi connectivity index (χ0n) is 39.4. The van der Waals surface area contributed by atoms with E-state index in [1.165, 1.54) is 6.20 Å². The van der Waals surface area contributed by atoms with Gasteiger partial charge in [-0.3, -0.25) is 44.1 Å². The molecule has 2 fully saturated rings. The summed E-state index contributed by atoms with van der Waals surface area (Å²) in [6, 6.07) is 21.1. The molecule has 70 heavy (non-hydrogen) atoms. The number of fused-ring (bicyclic) bond motifs is 1. The van der Waals surface area contributed by atoms with Crippen molar-refractivity contribution in [2.24, 2.45) is 0 Å². The second kappa shape index (κ2) is 32.8. The van der Waals surface area contributed by atoms with Crippen molar-refractivity contribution in [3.05, 3.63) is 120 Å². The smallest absolute Gasteiger partial charge is 0.315 e. The maximum atomic E-state index is 13.8. The Morgan fingerprint density at radius 1 is 0.700 bits per heavy atom. The summed E-state index contributed by atoms with van der Waals surface area (Å²) >= 11 is 1.89. The van der Waals surface area contributed by atoms with Crippen molar-refractivity contribution in [3.63, 3.8) is 0 Å². The van der Waals surface area contributed by atoms with Crippen molar-refractivity contribution in [1.82, 2.24) is 56.3 Å². The number of carbonyl (C=O) groups excluding carboxylic acids is 4. The van der Waals surface area contributed by atoms with E-state index in [0.29, 0.717) is 75.0 Å². The van der Waals surface area contributed by atoms with Crippen LogP contribution in [-0.4, -0.2) is 120 Å². The fourth-order valence-corrected chi connectivity index (χ4v) is 9.34. The molecular formula is C46H61N11O9PSZn2-3. The van der Waals surface area contributed by atoms with Gasteiger partial charge in [-0.05, 0) is 87.3 Å². The number of unbranched alkanes of at least 4 members (excludes halogenated alkanes) is 3. The normalized spacial score (nSPS) is 16.3. The summed E-state index contributed by atoms with van der Waals surface area (Å²) in [5.41, 5.74) is 3.70. The fourth-order valence-electron chi connectivity index (χ4n) is 7.79. The number of nitrogens with one attached hydrogen (secondary N) is 5. The summed E-state index contributed by atoms with van der Waals surface area (Å²) in [5.74, 6) is 0.621. The van der Waals surface area contributed by atoms with Gasteiger partial charge in [0, 0.05) is 133 Å². The molecule has 0 aliphatic carbocycles. The van der Waals surface area contributed by atoms with Gasteiger partial charge in [-0.2, -0.15) is 11.8 Å². The third-order valence-electron chi connectivity index (χ3n) is 10.9. The largest absolute Gasteiger partial charge is 0.850 e. The summed E-state index contributed by atoms with van der Waals surface area (Å²) in [6.07, 6.45) is 11.8. The summed E-state index contributed by atoms with van der Waals surface area (Å²) in [5, 5.41) is 28.8. The topological polar surface area (TPSA) is 293 Å². The second-order valence-corrected chi connectivity index (χ2v) is 18.8. The van der Waals surface area contributed by atoms with E-state index < -0.39 is 13.9 Å². The summed E-state index contributed by atoms with van der Waals surface area (Å²) in [7, 11) is -5.14. The Morgan fingerprint density at radius 3 is 1.70 bits per heavy atom. The summed E-state index contributed by atoms with van der Waals surface area (Å²) < 4.78 is 8.66. The SMILES string of the molecule is O=C(CCCCC1SC[C@@H]2NC(=O)N[C@H]12)NCCCCCC(=O)NCCNC(=O)c1ccc(CN(Cc2ccccn2)CC([O-])CN(Cc2ccccn2)Cc2ccccn2)nc1.O=P([O-])([O-])O.[Zn].[Zn]. The third-order valence-corrected chi connectivity index (χ3v) is 12.5. The van der Waals surface area contributed by atoms with E-state index in [1.54, 1.807) is 30.7 Å². The van der Waals surface area contributed by atoms with Gasteiger partial charge in [-0.15, -0.1) is 6.10 Å². The Kier molecular flexibility index (Phi) is 28.2. The van der Waals surface area contributed by atoms with Crippen LogP contribution in [0.15, 0.2) is 91.5 Å². The van der Waals surface area contributed by atoms with E-state index in [9.17, 15) is 24.3 Å². The quantitative estimate of drug-likeness (QED) is 0.0208. The number of carbonyl (C=O) groups is 4. The van der Waals surface area contributed by atoms with E-state index >= 15 is 0 Å². The number of hydrogen-bond donors (Lipinski definition) is 6. The average Bonchev–Trinajstić information content (AvgIpc) is 3.87. The number of aromatic nitrogens is 4. The van der Waals surface area contributed by atoms with Gasteiger partial charge in [0.25, 0.3) is 5.91 Å². The molecule has 2 aliphatic rings. The predicted octanol–water partition coefficient (Wildman–Crippen LogP) is 0.751. The van der Waals surface area contributed by atoms with Crippen molar-refractivity contribution in [3.8, 4) is 0 Å². The van der Waals surface area contributed by atoms with Crippen LogP contribution in [-0.2, 0) is 79.3 Å². The molecule has 0 spiro atoms. The van der Waals surface area contributed by atoms with Crippen LogP contribution in [0.2, 0.25) is 0 Å². The van der Waals surface area contributed by atoms with E-state index in [0.717, 1.165) is 54.9 Å². The first kappa shape index (κ1) is 60.2. The van der Waals surface area contributed by atoms with Crippen LogP contribution in [0.1, 0.15) is 84.5 Å². The zero-order valence-corrected chi connectivity index (χ0v) is 47.0. The first-order valence-corrected chi connectivity index (χ1v) is 25.3. The Labute approximate surface area is 438 Å². The number of phosphoric acid groups is 1. The Morgan fingerprint density at radius 2 is 1.20 bits per heavy atom. The molecule has 2 unspecified atom stereocenters. The number of thioether (sulfide) groups is 1. The van der Waals surface area contributed by atoms with Gasteiger partial charge in [-0.25, -0.2) is 4.79 Å². The minimum atomic E-state index is -5.14. The summed E-state index contributed by atoms with van der Waals surface area (Å²) in [4.78, 5) is 95.4. The molecule has 6 N–H and O–H groups in total. The van der Waals surface area contributed by atoms with Crippen molar-refractivity contribution < 1.29 is 82.5 Å². The van der Waals surface area contributed by atoms with Crippen molar-refractivity contribution in [1.29, 1.82) is 0 Å². The summed E-state index contributed by atoms with van der Waals surface area (Å²) in [6.45, 7) is 3.58. The molecule has 20 nitrogen and oxygen atoms in total. The van der Waals surface area contributed by atoms with Crippen molar-refractivity contribution in [2.45, 2.75) is 101 Å². The van der Waals surface area contributed by atoms with Gasteiger partial charge in [0.1, 0.15) is 0 Å². The van der Waals surface area contributed by atoms with E-state index in [1.807, 2.05) is 71.3 Å². The number of urea groups is 1. The van der Waals surface area contributed by atoms with Crippen molar-refractivity contribution >= 4 is 43.3 Å². The minimum absolute atomic E-state index is 0. The molecule has 372 valence electrons. The van der Waals surface area contributed by atoms with E-state index in [2.05, 4.69) is 51.4 Å². The van der Waals surface area contributed by atoms with Gasteiger partial charge in [0.2, 0.25) is 11.8 Å². The van der Waals surface area contributed by atoms with Gasteiger partial charge >= 0.3 is 6.03 Å². The van der Waals surface area contributed by atoms with Gasteiger partial charge in [0.15, 0.2) is 0 Å². The van der Waals surface area contributed by atoms with Crippen molar-refractivity contribution in [2.75, 3.05) is 38.5 Å². The molecule has 4 aromatic rings. The van der Waals surface area contributed by atoms with Gasteiger partial charge < -0.3 is 50.9 Å². The molecule has 0 bridgehead atoms. The fraction of sp³-hybridized carbons (Fsp3) is 0.478. The van der Waals surface area contributed by atoms with Crippen LogP contribution in [0.25, 0.3) is 0 Å². The standard InChI is InChI=1S/C46H60N11O5S.H3O4P.2Zn/c58-39(31-56(27-35-12-5-9-20-47-35)28-36-13-6-10-21-48-36)32-57(29-37-14-7-11-22-49-37)30-38-19-18-34(26-53-38)45(61)52-25-24-51-43(60)16-2-1-8-23-50-42(59)17-4-3-15-41-44-40(33-63-41)54-46(62)55-44;1-5(2,3)4;;/h5-7,9-14,18-22,26,39-41,44H,1-4,8,15-17,23-25,27-33H2,(H,50,59)(H,51,60)(H,52,61)(H2,54,55,62);(H3,1,2,3,4);;/q-1;;;/p-2/t39?,40-,41?,44-;;;/m0.../s1. The molecular weight excluding hydrogens is 1040 g/mol. The Balaban J connectivity index is 0.00000176. The number of rotatable bonds is 27. The van der Waals surface area contributed by atoms with Crippen LogP contribution in [0.3, 0.4) is 0 Å². The second-order valence-electron chi connectivity index (χ2n) is 16.6. The van der Waals surface area contributed by atoms with Crippen LogP contribution in [0.4, 0.5) is 4.79 Å². The van der Waals surface area contributed by atoms with Gasteiger partial charge in [-0.1, -0.05) is 31.0 Å². The predicted molar refractivity (Wildman–Crippen MR) is 250 cm³/mol. The number of amides is 5. The molecule has 0 saturated carbocycles. The minimum Gasteiger partial charge on any atom is -0.850 e. The number of nitrogens with zero attached hydrogens (tertiary/aromatic N) is 6. The molecule has 2 saturated heterocycles. The Hall–Kier alpha value is -4.13. The van der Waals surface area contributed by atoms with E-state index in [-0.39, 0.29) is 94.4 Å². The van der Waals surface area contributed by atoms with Crippen LogP contribution in [0.5, 0.6) is 0 Å². The number of pyridine rings is 4. The number of hydrogen-bond acceptors (Lipinski definition) is 15. The molecule has 6 heterocycles. The van der Waals surface area contributed by atoms with Crippen LogP contribution in [0, 0.1) is 0 Å². The van der Waals surface area contributed by atoms with E-state index in [4.69, 9.17) is 19.2 Å². The Bertz CT molecular complexity index is 2150. The molecule has 4 atom stereocenters. The molecule has 24 heteroatoms. The molecule has 6 rings (SSSR count). The monoisotopic (exact) mass is 1100 g/mol. The molecule has 0 radical (unpaired) electrons. The molecule has 2 aliphatic heterocycles. The molecule has 5 amide bonds. The maximum absolute atomic E-state index is 13.8. The zero-order chi connectivity index (χ0) is 48.6. The van der Waals surface area contributed by atoms with Crippen LogP contribution >= 0.6 is 19.6 Å². The van der Waals surface area contributed by atoms with Gasteiger partial charge in [0.05, 0.1) is 48.2 Å². The average molecular weight is 1110 g/mol. The molecule has 0 aromatic carbocycles.